The molecule has 1 amide bonds. The highest BCUT2D eigenvalue weighted by Crippen LogP contribution is 2.33. The van der Waals surface area contributed by atoms with Gasteiger partial charge in [-0.15, -0.1) is 0 Å². The Morgan fingerprint density at radius 3 is 2.65 bits per heavy atom. The molecule has 0 aromatic heterocycles. The quantitative estimate of drug-likeness (QED) is 0.888. The predicted octanol–water partition coefficient (Wildman–Crippen LogP) is 2.74. The summed E-state index contributed by atoms with van der Waals surface area (Å²) in [6.07, 6.45) is -0.773. The zero-order valence-corrected chi connectivity index (χ0v) is 14.4. The molecular weight excluding hydrogens is 336 g/mol. The number of carbonyl (C=O) groups is 1. The molecule has 0 aliphatic carbocycles. The molecule has 0 saturated carbocycles. The second-order valence-corrected chi connectivity index (χ2v) is 5.59. The smallest absolute Gasteiger partial charge is 0.265 e. The van der Waals surface area contributed by atoms with Crippen molar-refractivity contribution in [1.29, 1.82) is 5.26 Å². The van der Waals surface area contributed by atoms with Gasteiger partial charge >= 0.3 is 0 Å². The Balaban J connectivity index is 1.68. The van der Waals surface area contributed by atoms with Crippen LogP contribution >= 0.6 is 0 Å². The molecule has 7 heteroatoms. The fourth-order valence-electron chi connectivity index (χ4n) is 2.44. The van der Waals surface area contributed by atoms with Gasteiger partial charge < -0.3 is 24.3 Å². The van der Waals surface area contributed by atoms with Crippen LogP contribution in [0.4, 0.5) is 5.69 Å². The van der Waals surface area contributed by atoms with Gasteiger partial charge in [-0.1, -0.05) is 0 Å². The van der Waals surface area contributed by atoms with Crippen LogP contribution in [0, 0.1) is 11.3 Å². The number of nitrogens with one attached hydrogen (secondary N) is 1. The van der Waals surface area contributed by atoms with E-state index in [2.05, 4.69) is 5.32 Å². The van der Waals surface area contributed by atoms with E-state index in [1.165, 1.54) is 7.11 Å². The number of rotatable bonds is 5. The molecule has 1 aliphatic rings. The summed E-state index contributed by atoms with van der Waals surface area (Å²) in [7, 11) is 1.48. The van der Waals surface area contributed by atoms with E-state index in [4.69, 9.17) is 24.2 Å². The molecule has 7 nitrogen and oxygen atoms in total. The number of methoxy groups -OCH3 is 1. The van der Waals surface area contributed by atoms with Gasteiger partial charge in [0.05, 0.1) is 18.7 Å². The van der Waals surface area contributed by atoms with Gasteiger partial charge in [-0.3, -0.25) is 4.79 Å². The number of hydrogen-bond acceptors (Lipinski definition) is 6. The van der Waals surface area contributed by atoms with Gasteiger partial charge in [0.15, 0.2) is 29.1 Å². The number of carbonyl (C=O) groups excluding carboxylic acids is 1. The Labute approximate surface area is 151 Å². The van der Waals surface area contributed by atoms with Crippen LogP contribution in [0.2, 0.25) is 0 Å². The van der Waals surface area contributed by atoms with E-state index in [1.54, 1.807) is 43.3 Å². The summed E-state index contributed by atoms with van der Waals surface area (Å²) >= 11 is 0. The van der Waals surface area contributed by atoms with Gasteiger partial charge in [0.2, 0.25) is 0 Å². The monoisotopic (exact) mass is 354 g/mol. The van der Waals surface area contributed by atoms with Crippen LogP contribution in [-0.4, -0.2) is 32.3 Å². The second-order valence-electron chi connectivity index (χ2n) is 5.59. The maximum absolute atomic E-state index is 12.4. The normalized spacial score (nSPS) is 13.3. The lowest BCUT2D eigenvalue weighted by atomic mass is 10.2. The summed E-state index contributed by atoms with van der Waals surface area (Å²) < 4.78 is 21.8. The molecule has 0 radical (unpaired) electrons. The predicted molar refractivity (Wildman–Crippen MR) is 93.9 cm³/mol. The summed E-state index contributed by atoms with van der Waals surface area (Å²) in [6.45, 7) is 2.61. The van der Waals surface area contributed by atoms with E-state index in [1.807, 2.05) is 6.07 Å². The molecular formula is C19H18N2O5. The van der Waals surface area contributed by atoms with Gasteiger partial charge in [0.1, 0.15) is 13.2 Å². The average Bonchev–Trinajstić information content (AvgIpc) is 2.68. The van der Waals surface area contributed by atoms with Gasteiger partial charge in [0, 0.05) is 17.8 Å². The molecule has 2 aromatic carbocycles. The van der Waals surface area contributed by atoms with Crippen LogP contribution in [0.5, 0.6) is 23.0 Å². The molecule has 0 bridgehead atoms. The van der Waals surface area contributed by atoms with Crippen molar-refractivity contribution in [1.82, 2.24) is 0 Å². The first-order valence-electron chi connectivity index (χ1n) is 8.06. The Morgan fingerprint density at radius 2 is 1.92 bits per heavy atom. The summed E-state index contributed by atoms with van der Waals surface area (Å²) in [5.74, 6) is 1.70. The minimum atomic E-state index is -0.773. The van der Waals surface area contributed by atoms with Gasteiger partial charge in [-0.2, -0.15) is 5.26 Å². The van der Waals surface area contributed by atoms with Crippen molar-refractivity contribution in [3.63, 3.8) is 0 Å². The van der Waals surface area contributed by atoms with Crippen LogP contribution < -0.4 is 24.3 Å². The first-order valence-corrected chi connectivity index (χ1v) is 8.06. The molecule has 134 valence electrons. The molecule has 3 rings (SSSR count). The van der Waals surface area contributed by atoms with Crippen LogP contribution in [0.15, 0.2) is 36.4 Å². The lowest BCUT2D eigenvalue weighted by Crippen LogP contribution is -2.30. The summed E-state index contributed by atoms with van der Waals surface area (Å²) in [5, 5.41) is 11.7. The van der Waals surface area contributed by atoms with Gasteiger partial charge in [0.25, 0.3) is 5.91 Å². The number of nitriles is 1. The molecule has 1 atom stereocenters. The Kier molecular flexibility index (Phi) is 5.13. The van der Waals surface area contributed by atoms with Gasteiger partial charge in [-0.25, -0.2) is 0 Å². The Morgan fingerprint density at radius 1 is 1.15 bits per heavy atom. The number of fused-ring (bicyclic) bond motifs is 1. The zero-order chi connectivity index (χ0) is 18.5. The third-order valence-corrected chi connectivity index (χ3v) is 3.78. The van der Waals surface area contributed by atoms with E-state index < -0.39 is 6.10 Å². The fourth-order valence-corrected chi connectivity index (χ4v) is 2.44. The van der Waals surface area contributed by atoms with Crippen LogP contribution in [-0.2, 0) is 4.79 Å². The SMILES string of the molecule is COc1cc(C#N)ccc1OC(C)C(=O)Nc1ccc2c(c1)OCCO2. The Bertz CT molecular complexity index is 859. The van der Waals surface area contributed by atoms with E-state index >= 15 is 0 Å². The van der Waals surface area contributed by atoms with E-state index in [0.717, 1.165) is 0 Å². The largest absolute Gasteiger partial charge is 0.493 e. The highest BCUT2D eigenvalue weighted by atomic mass is 16.6. The highest BCUT2D eigenvalue weighted by Gasteiger charge is 2.19. The van der Waals surface area contributed by atoms with Crippen molar-refractivity contribution in [3.8, 4) is 29.1 Å². The molecule has 1 N–H and O–H groups in total. The lowest BCUT2D eigenvalue weighted by molar-refractivity contribution is -0.122. The molecule has 26 heavy (non-hydrogen) atoms. The first kappa shape index (κ1) is 17.4. The molecule has 1 heterocycles. The van der Waals surface area contributed by atoms with Crippen molar-refractivity contribution in [2.75, 3.05) is 25.6 Å². The molecule has 2 aromatic rings. The number of amides is 1. The van der Waals surface area contributed by atoms with Crippen molar-refractivity contribution in [3.05, 3.63) is 42.0 Å². The van der Waals surface area contributed by atoms with Crippen molar-refractivity contribution in [2.45, 2.75) is 13.0 Å². The summed E-state index contributed by atoms with van der Waals surface area (Å²) in [5.41, 5.74) is 1.03. The topological polar surface area (TPSA) is 89.8 Å². The highest BCUT2D eigenvalue weighted by molar-refractivity contribution is 5.94. The number of anilines is 1. The minimum absolute atomic E-state index is 0.326. The number of hydrogen-bond donors (Lipinski definition) is 1. The van der Waals surface area contributed by atoms with Crippen molar-refractivity contribution < 1.29 is 23.7 Å². The molecule has 1 unspecified atom stereocenters. The van der Waals surface area contributed by atoms with E-state index in [0.29, 0.717) is 47.5 Å². The molecule has 0 fully saturated rings. The van der Waals surface area contributed by atoms with Crippen LogP contribution in [0.1, 0.15) is 12.5 Å². The maximum Gasteiger partial charge on any atom is 0.265 e. The average molecular weight is 354 g/mol. The zero-order valence-electron chi connectivity index (χ0n) is 14.4. The third kappa shape index (κ3) is 3.81. The number of benzene rings is 2. The van der Waals surface area contributed by atoms with Crippen molar-refractivity contribution >= 4 is 11.6 Å². The van der Waals surface area contributed by atoms with Crippen LogP contribution in [0.3, 0.4) is 0 Å². The third-order valence-electron chi connectivity index (χ3n) is 3.78. The second kappa shape index (κ2) is 7.66. The number of nitrogens with zero attached hydrogens (tertiary/aromatic N) is 1. The minimum Gasteiger partial charge on any atom is -0.493 e. The van der Waals surface area contributed by atoms with Crippen LogP contribution in [0.25, 0.3) is 0 Å². The van der Waals surface area contributed by atoms with E-state index in [-0.39, 0.29) is 5.91 Å². The van der Waals surface area contributed by atoms with E-state index in [9.17, 15) is 4.79 Å². The van der Waals surface area contributed by atoms with Gasteiger partial charge in [-0.05, 0) is 31.2 Å². The number of ether oxygens (including phenoxy) is 4. The lowest BCUT2D eigenvalue weighted by Gasteiger charge is -2.20. The summed E-state index contributed by atoms with van der Waals surface area (Å²) in [6, 6.07) is 12.0. The Hall–Kier alpha value is -3.40. The molecule has 0 saturated heterocycles. The van der Waals surface area contributed by atoms with Crippen molar-refractivity contribution in [2.24, 2.45) is 0 Å². The standard InChI is InChI=1S/C19H18N2O5/c1-12(26-16-5-3-13(11-20)9-17(16)23-2)19(22)21-14-4-6-15-18(10-14)25-8-7-24-15/h3-6,9-10,12H,7-8H2,1-2H3,(H,21,22). The fraction of sp³-hybridized carbons (Fsp3) is 0.263. The molecule has 0 spiro atoms. The summed E-state index contributed by atoms with van der Waals surface area (Å²) in [4.78, 5) is 12.4. The maximum atomic E-state index is 12.4. The molecule has 1 aliphatic heterocycles. The first-order chi connectivity index (χ1) is 12.6.